The van der Waals surface area contributed by atoms with E-state index in [0.717, 1.165) is 6.42 Å². The molecule has 4 heterocycles. The van der Waals surface area contributed by atoms with Crippen molar-refractivity contribution in [2.24, 2.45) is 0 Å². The number of benzene rings is 1. The van der Waals surface area contributed by atoms with Gasteiger partial charge >= 0.3 is 12.1 Å². The summed E-state index contributed by atoms with van der Waals surface area (Å²) in [6.07, 6.45) is 2.44. The zero-order valence-electron chi connectivity index (χ0n) is 20.4. The number of oxazole rings is 1. The molecule has 2 amide bonds. The number of halogens is 2. The number of aromatic nitrogens is 4. The zero-order valence-corrected chi connectivity index (χ0v) is 21.9. The second-order valence-electron chi connectivity index (χ2n) is 9.82. The topological polar surface area (TPSA) is 141 Å². The molecule has 11 nitrogen and oxygen atoms in total. The van der Waals surface area contributed by atoms with Gasteiger partial charge in [0.1, 0.15) is 16.9 Å². The van der Waals surface area contributed by atoms with Gasteiger partial charge in [0.2, 0.25) is 0 Å². The van der Waals surface area contributed by atoms with Gasteiger partial charge in [0, 0.05) is 18.1 Å². The molecule has 1 saturated heterocycles. The molecule has 0 bridgehead atoms. The minimum atomic E-state index is -0.618. The Morgan fingerprint density at radius 2 is 2.05 bits per heavy atom. The van der Waals surface area contributed by atoms with Crippen LogP contribution in [0.3, 0.4) is 0 Å². The average Bonchev–Trinajstić information content (AvgIpc) is 3.42. The van der Waals surface area contributed by atoms with Crippen molar-refractivity contribution in [1.29, 1.82) is 0 Å². The Morgan fingerprint density at radius 3 is 2.81 bits per heavy atom. The highest BCUT2D eigenvalue weighted by Crippen LogP contribution is 2.34. The van der Waals surface area contributed by atoms with Crippen LogP contribution in [-0.4, -0.2) is 55.3 Å². The van der Waals surface area contributed by atoms with Crippen molar-refractivity contribution in [3.63, 3.8) is 0 Å². The molecule has 0 saturated carbocycles. The summed E-state index contributed by atoms with van der Waals surface area (Å²) in [4.78, 5) is 36.1. The van der Waals surface area contributed by atoms with Crippen LogP contribution in [0.15, 0.2) is 28.8 Å². The Hall–Kier alpha value is -3.57. The first-order valence-electron chi connectivity index (χ1n) is 11.7. The highest BCUT2D eigenvalue weighted by Gasteiger charge is 2.32. The van der Waals surface area contributed by atoms with Gasteiger partial charge in [-0.25, -0.2) is 9.78 Å². The monoisotopic (exact) mass is 545 g/mol. The molecule has 3 N–H and O–H groups in total. The molecule has 13 heteroatoms. The lowest BCUT2D eigenvalue weighted by Crippen LogP contribution is -2.43. The molecule has 0 radical (unpaired) electrons. The Labute approximate surface area is 221 Å². The van der Waals surface area contributed by atoms with Crippen LogP contribution >= 0.6 is 23.2 Å². The van der Waals surface area contributed by atoms with E-state index in [1.807, 2.05) is 20.8 Å². The van der Waals surface area contributed by atoms with Gasteiger partial charge in [-0.1, -0.05) is 23.2 Å². The first-order valence-corrected chi connectivity index (χ1v) is 12.4. The molecular formula is C24H25Cl2N7O4. The van der Waals surface area contributed by atoms with Crippen molar-refractivity contribution < 1.29 is 18.7 Å². The number of ether oxygens (including phenoxy) is 1. The minimum Gasteiger partial charge on any atom is -0.444 e. The summed E-state index contributed by atoms with van der Waals surface area (Å²) in [5.41, 5.74) is 6.99. The summed E-state index contributed by atoms with van der Waals surface area (Å²) in [6.45, 7) is 6.34. The molecule has 0 spiro atoms. The van der Waals surface area contributed by atoms with Crippen molar-refractivity contribution in [2.45, 2.75) is 45.3 Å². The van der Waals surface area contributed by atoms with E-state index in [0.29, 0.717) is 46.5 Å². The standard InChI is InChI=1S/C24H25Cl2N7O4/c1-24(2,3)37-23(35)32-8-4-5-13(11-32)33-19-14(26)10-28-20(27)17(19)18(31-33)21(34)30-22-29-15-9-12(25)6-7-16(15)36-22/h6-7,9-10,13H,4-5,8,11H2,1-3H3,(H2,27,28)(H,29,30,34)/t13-/m1/s1. The van der Waals surface area contributed by atoms with Crippen molar-refractivity contribution in [3.8, 4) is 0 Å². The molecule has 1 fully saturated rings. The van der Waals surface area contributed by atoms with E-state index in [-0.39, 0.29) is 28.6 Å². The number of rotatable bonds is 3. The summed E-state index contributed by atoms with van der Waals surface area (Å²) < 4.78 is 12.8. The summed E-state index contributed by atoms with van der Waals surface area (Å²) in [7, 11) is 0. The quantitative estimate of drug-likeness (QED) is 0.353. The number of nitrogens with two attached hydrogens (primary N) is 1. The van der Waals surface area contributed by atoms with Crippen LogP contribution in [0.2, 0.25) is 10.0 Å². The maximum atomic E-state index is 13.3. The van der Waals surface area contributed by atoms with Gasteiger partial charge in [-0.15, -0.1) is 0 Å². The molecule has 1 aromatic carbocycles. The molecule has 1 aliphatic heterocycles. The molecule has 1 aliphatic rings. The predicted molar refractivity (Wildman–Crippen MR) is 140 cm³/mol. The van der Waals surface area contributed by atoms with Crippen LogP contribution in [0.4, 0.5) is 16.6 Å². The highest BCUT2D eigenvalue weighted by molar-refractivity contribution is 6.36. The lowest BCUT2D eigenvalue weighted by atomic mass is 10.1. The van der Waals surface area contributed by atoms with Crippen LogP contribution in [0, 0.1) is 0 Å². The van der Waals surface area contributed by atoms with E-state index < -0.39 is 17.6 Å². The molecule has 1 atom stereocenters. The van der Waals surface area contributed by atoms with Gasteiger partial charge in [0.15, 0.2) is 11.3 Å². The number of fused-ring (bicyclic) bond motifs is 2. The summed E-state index contributed by atoms with van der Waals surface area (Å²) in [5, 5.41) is 8.30. The molecule has 0 unspecified atom stereocenters. The van der Waals surface area contributed by atoms with E-state index in [9.17, 15) is 9.59 Å². The highest BCUT2D eigenvalue weighted by atomic mass is 35.5. The van der Waals surface area contributed by atoms with Gasteiger partial charge in [0.05, 0.1) is 28.2 Å². The number of nitrogens with zero attached hydrogens (tertiary/aromatic N) is 5. The molecule has 37 heavy (non-hydrogen) atoms. The third kappa shape index (κ3) is 5.01. The molecule has 5 rings (SSSR count). The number of hydrogen-bond acceptors (Lipinski definition) is 8. The maximum absolute atomic E-state index is 13.3. The number of pyridine rings is 1. The van der Waals surface area contributed by atoms with E-state index in [1.165, 1.54) is 6.20 Å². The van der Waals surface area contributed by atoms with Crippen LogP contribution in [0.1, 0.15) is 50.1 Å². The van der Waals surface area contributed by atoms with Crippen LogP contribution in [0.5, 0.6) is 0 Å². The van der Waals surface area contributed by atoms with E-state index >= 15 is 0 Å². The number of nitrogen functional groups attached to an aromatic ring is 1. The van der Waals surface area contributed by atoms with Crippen molar-refractivity contribution in [1.82, 2.24) is 24.6 Å². The SMILES string of the molecule is CC(C)(C)OC(=O)N1CCC[C@@H](n2nc(C(=O)Nc3nc4cc(Cl)ccc4o3)c3c(N)ncc(Cl)c32)C1. The molecular weight excluding hydrogens is 521 g/mol. The fraction of sp³-hybridized carbons (Fsp3) is 0.375. The molecule has 0 aliphatic carbocycles. The smallest absolute Gasteiger partial charge is 0.410 e. The maximum Gasteiger partial charge on any atom is 0.410 e. The summed E-state index contributed by atoms with van der Waals surface area (Å²) in [6, 6.07) is 4.66. The predicted octanol–water partition coefficient (Wildman–Crippen LogP) is 5.29. The third-order valence-electron chi connectivity index (χ3n) is 5.89. The number of nitrogens with one attached hydrogen (secondary N) is 1. The van der Waals surface area contributed by atoms with Gasteiger partial charge in [0.25, 0.3) is 5.91 Å². The fourth-order valence-corrected chi connectivity index (χ4v) is 4.73. The summed E-state index contributed by atoms with van der Waals surface area (Å²) >= 11 is 12.5. The number of carbonyl (C=O) groups excluding carboxylic acids is 2. The Kier molecular flexibility index (Phi) is 6.36. The van der Waals surface area contributed by atoms with Crippen LogP contribution in [-0.2, 0) is 4.74 Å². The Morgan fingerprint density at radius 1 is 1.27 bits per heavy atom. The number of carbonyl (C=O) groups is 2. The largest absolute Gasteiger partial charge is 0.444 e. The minimum absolute atomic E-state index is 0.0113. The molecule has 4 aromatic rings. The average molecular weight is 546 g/mol. The third-order valence-corrected chi connectivity index (χ3v) is 6.40. The van der Waals surface area contributed by atoms with Gasteiger partial charge in [-0.2, -0.15) is 10.1 Å². The number of amides is 2. The number of piperidine rings is 1. The molecule has 3 aromatic heterocycles. The first-order chi connectivity index (χ1) is 17.5. The number of hydrogen-bond donors (Lipinski definition) is 2. The van der Waals surface area contributed by atoms with Gasteiger partial charge in [-0.05, 0) is 51.8 Å². The molecule has 194 valence electrons. The van der Waals surface area contributed by atoms with Gasteiger partial charge < -0.3 is 19.8 Å². The fourth-order valence-electron chi connectivity index (χ4n) is 4.34. The Bertz CT molecular complexity index is 1530. The van der Waals surface area contributed by atoms with E-state index in [4.69, 9.17) is 38.1 Å². The first kappa shape index (κ1) is 25.1. The van der Waals surface area contributed by atoms with Crippen molar-refractivity contribution >= 4 is 69.0 Å². The zero-order chi connectivity index (χ0) is 26.5. The lowest BCUT2D eigenvalue weighted by Gasteiger charge is -2.34. The van der Waals surface area contributed by atoms with Crippen LogP contribution in [0.25, 0.3) is 22.0 Å². The normalized spacial score (nSPS) is 16.4. The van der Waals surface area contributed by atoms with E-state index in [1.54, 1.807) is 27.8 Å². The van der Waals surface area contributed by atoms with Crippen molar-refractivity contribution in [2.75, 3.05) is 24.1 Å². The van der Waals surface area contributed by atoms with Crippen molar-refractivity contribution in [3.05, 3.63) is 40.1 Å². The van der Waals surface area contributed by atoms with E-state index in [2.05, 4.69) is 20.4 Å². The number of likely N-dealkylation sites (tertiary alicyclic amines) is 1. The lowest BCUT2D eigenvalue weighted by molar-refractivity contribution is 0.0169. The summed E-state index contributed by atoms with van der Waals surface area (Å²) in [5.74, 6) is -0.503. The number of anilines is 2. The second kappa shape index (κ2) is 9.38. The second-order valence-corrected chi connectivity index (χ2v) is 10.7. The Balaban J connectivity index is 1.49. The van der Waals surface area contributed by atoms with Gasteiger partial charge in [-0.3, -0.25) is 14.8 Å². The van der Waals surface area contributed by atoms with Crippen LogP contribution < -0.4 is 11.1 Å².